The van der Waals surface area contributed by atoms with Crippen LogP contribution in [0, 0.1) is 5.92 Å². The first-order chi connectivity index (χ1) is 13.0. The molecule has 1 heterocycles. The molecule has 0 bridgehead atoms. The minimum atomic E-state index is 0.0225. The number of ether oxygens (including phenoxy) is 2. The lowest BCUT2D eigenvalue weighted by Gasteiger charge is -2.22. The molecule has 0 aromatic carbocycles. The van der Waals surface area contributed by atoms with Crippen LogP contribution in [0.2, 0.25) is 0 Å². The molecule has 2 atom stereocenters. The summed E-state index contributed by atoms with van der Waals surface area (Å²) >= 11 is 0. The van der Waals surface area contributed by atoms with Crippen LogP contribution in [0.1, 0.15) is 98.8 Å². The molecule has 1 rings (SSSR count). The largest absolute Gasteiger partial charge is 0.353 e. The Morgan fingerprint density at radius 3 is 2.44 bits per heavy atom. The predicted molar refractivity (Wildman–Crippen MR) is 118 cm³/mol. The van der Waals surface area contributed by atoms with Crippen LogP contribution in [-0.4, -0.2) is 19.5 Å². The highest BCUT2D eigenvalue weighted by Gasteiger charge is 2.12. The maximum atomic E-state index is 5.78. The highest BCUT2D eigenvalue weighted by molar-refractivity contribution is 5.03. The Balaban J connectivity index is 2.09. The van der Waals surface area contributed by atoms with E-state index in [1.54, 1.807) is 5.57 Å². The zero-order valence-corrected chi connectivity index (χ0v) is 18.7. The van der Waals surface area contributed by atoms with Crippen LogP contribution < -0.4 is 0 Å². The highest BCUT2D eigenvalue weighted by Crippen LogP contribution is 2.18. The second-order valence-electron chi connectivity index (χ2n) is 8.63. The van der Waals surface area contributed by atoms with Gasteiger partial charge in [0.05, 0.1) is 6.61 Å². The van der Waals surface area contributed by atoms with Crippen LogP contribution in [0.15, 0.2) is 34.9 Å². The first kappa shape index (κ1) is 24.2. The second-order valence-corrected chi connectivity index (χ2v) is 8.63. The quantitative estimate of drug-likeness (QED) is 0.306. The van der Waals surface area contributed by atoms with Gasteiger partial charge in [-0.1, -0.05) is 48.3 Å². The summed E-state index contributed by atoms with van der Waals surface area (Å²) in [4.78, 5) is 0. The Labute approximate surface area is 169 Å². The van der Waals surface area contributed by atoms with Gasteiger partial charge in [0.1, 0.15) is 0 Å². The molecule has 1 unspecified atom stereocenters. The third-order valence-electron chi connectivity index (χ3n) is 5.36. The molecule has 1 saturated heterocycles. The molecule has 0 aromatic rings. The molecule has 27 heavy (non-hydrogen) atoms. The summed E-state index contributed by atoms with van der Waals surface area (Å²) in [6.07, 6.45) is 19.2. The predicted octanol–water partition coefficient (Wildman–Crippen LogP) is 7.76. The van der Waals surface area contributed by atoms with Crippen molar-refractivity contribution < 1.29 is 9.47 Å². The third-order valence-corrected chi connectivity index (χ3v) is 5.36. The number of hydrogen-bond donors (Lipinski definition) is 0. The number of allylic oxidation sites excluding steroid dienone is 5. The first-order valence-electron chi connectivity index (χ1n) is 11.1. The highest BCUT2D eigenvalue weighted by atomic mass is 16.7. The number of hydrogen-bond acceptors (Lipinski definition) is 2. The zero-order valence-electron chi connectivity index (χ0n) is 18.7. The molecule has 0 radical (unpaired) electrons. The lowest BCUT2D eigenvalue weighted by atomic mass is 9.96. The summed E-state index contributed by atoms with van der Waals surface area (Å²) < 4.78 is 11.4. The van der Waals surface area contributed by atoms with Crippen molar-refractivity contribution in [1.29, 1.82) is 0 Å². The van der Waals surface area contributed by atoms with Gasteiger partial charge in [0.15, 0.2) is 6.29 Å². The molecule has 156 valence electrons. The molecule has 0 spiro atoms. The Bertz CT molecular complexity index is 463. The molecule has 0 amide bonds. The van der Waals surface area contributed by atoms with E-state index in [9.17, 15) is 0 Å². The van der Waals surface area contributed by atoms with Crippen LogP contribution in [0.5, 0.6) is 0 Å². The number of rotatable bonds is 13. The first-order valence-corrected chi connectivity index (χ1v) is 11.1. The van der Waals surface area contributed by atoms with Crippen LogP contribution >= 0.6 is 0 Å². The average molecular weight is 377 g/mol. The van der Waals surface area contributed by atoms with E-state index < -0.39 is 0 Å². The lowest BCUT2D eigenvalue weighted by molar-refractivity contribution is -0.155. The van der Waals surface area contributed by atoms with Gasteiger partial charge in [0, 0.05) is 6.61 Å². The van der Waals surface area contributed by atoms with E-state index in [-0.39, 0.29) is 6.29 Å². The molecule has 2 nitrogen and oxygen atoms in total. The van der Waals surface area contributed by atoms with Crippen molar-refractivity contribution in [2.24, 2.45) is 5.92 Å². The summed E-state index contributed by atoms with van der Waals surface area (Å²) in [5, 5.41) is 0. The van der Waals surface area contributed by atoms with Crippen molar-refractivity contribution in [3.63, 3.8) is 0 Å². The van der Waals surface area contributed by atoms with Gasteiger partial charge in [-0.05, 0) is 91.4 Å². The van der Waals surface area contributed by atoms with Gasteiger partial charge < -0.3 is 9.47 Å². The van der Waals surface area contributed by atoms with Gasteiger partial charge in [-0.2, -0.15) is 0 Å². The Morgan fingerprint density at radius 2 is 1.74 bits per heavy atom. The third kappa shape index (κ3) is 13.9. The molecule has 0 aromatic heterocycles. The van der Waals surface area contributed by atoms with Crippen molar-refractivity contribution in [3.8, 4) is 0 Å². The topological polar surface area (TPSA) is 18.5 Å². The van der Waals surface area contributed by atoms with Crippen molar-refractivity contribution in [3.05, 3.63) is 34.9 Å². The zero-order chi connectivity index (χ0) is 19.9. The van der Waals surface area contributed by atoms with Crippen molar-refractivity contribution in [1.82, 2.24) is 0 Å². The lowest BCUT2D eigenvalue weighted by Crippen LogP contribution is -2.22. The molecule has 1 fully saturated rings. The smallest absolute Gasteiger partial charge is 0.157 e. The van der Waals surface area contributed by atoms with Gasteiger partial charge in [-0.3, -0.25) is 0 Å². The maximum Gasteiger partial charge on any atom is 0.157 e. The van der Waals surface area contributed by atoms with E-state index in [0.717, 1.165) is 31.8 Å². The standard InChI is InChI=1S/C25H44O2/c1-21(2)11-8-12-22(3)13-9-14-23(4)15-10-16-24(5)18-20-27-25-17-6-7-19-26-25/h11,15,18,22,25H,6-10,12-14,16-17,19-20H2,1-5H3/b23-15+,24-18+/t22-,25?/m1/s1. The van der Waals surface area contributed by atoms with Crippen LogP contribution in [-0.2, 0) is 9.47 Å². The van der Waals surface area contributed by atoms with Gasteiger partial charge >= 0.3 is 0 Å². The monoisotopic (exact) mass is 376 g/mol. The summed E-state index contributed by atoms with van der Waals surface area (Å²) in [6.45, 7) is 12.8. The summed E-state index contributed by atoms with van der Waals surface area (Å²) in [6, 6.07) is 0. The fraction of sp³-hybridized carbons (Fsp3) is 0.760. The Kier molecular flexibility index (Phi) is 13.5. The van der Waals surface area contributed by atoms with E-state index in [1.165, 1.54) is 56.1 Å². The minimum absolute atomic E-state index is 0.0225. The molecule has 0 N–H and O–H groups in total. The summed E-state index contributed by atoms with van der Waals surface area (Å²) in [5.41, 5.74) is 4.41. The van der Waals surface area contributed by atoms with E-state index in [2.05, 4.69) is 52.8 Å². The van der Waals surface area contributed by atoms with E-state index in [4.69, 9.17) is 9.47 Å². The maximum absolute atomic E-state index is 5.78. The fourth-order valence-corrected chi connectivity index (χ4v) is 3.42. The molecular weight excluding hydrogens is 332 g/mol. The molecule has 0 saturated carbocycles. The SMILES string of the molecule is CC(C)=CCC[C@@H](C)CCC/C(C)=C/CC/C(C)=C/COC1CCCCO1. The molecule has 0 aliphatic carbocycles. The molecule has 2 heteroatoms. The average Bonchev–Trinajstić information content (AvgIpc) is 2.62. The molecule has 1 aliphatic rings. The Hall–Kier alpha value is -0.860. The van der Waals surface area contributed by atoms with Crippen molar-refractivity contribution in [2.75, 3.05) is 13.2 Å². The fourth-order valence-electron chi connectivity index (χ4n) is 3.42. The van der Waals surface area contributed by atoms with Gasteiger partial charge in [-0.15, -0.1) is 0 Å². The second kappa shape index (κ2) is 15.1. The minimum Gasteiger partial charge on any atom is -0.353 e. The van der Waals surface area contributed by atoms with E-state index in [1.807, 2.05) is 0 Å². The Morgan fingerprint density at radius 1 is 0.963 bits per heavy atom. The van der Waals surface area contributed by atoms with Crippen LogP contribution in [0.3, 0.4) is 0 Å². The normalized spacial score (nSPS) is 19.8. The van der Waals surface area contributed by atoms with E-state index in [0.29, 0.717) is 6.61 Å². The van der Waals surface area contributed by atoms with Crippen LogP contribution in [0.4, 0.5) is 0 Å². The van der Waals surface area contributed by atoms with Crippen molar-refractivity contribution >= 4 is 0 Å². The molecular formula is C25H44O2. The van der Waals surface area contributed by atoms with Gasteiger partial charge in [0.2, 0.25) is 0 Å². The summed E-state index contributed by atoms with van der Waals surface area (Å²) in [7, 11) is 0. The van der Waals surface area contributed by atoms with Crippen molar-refractivity contribution in [2.45, 2.75) is 105 Å². The van der Waals surface area contributed by atoms with Gasteiger partial charge in [-0.25, -0.2) is 0 Å². The van der Waals surface area contributed by atoms with Gasteiger partial charge in [0.25, 0.3) is 0 Å². The van der Waals surface area contributed by atoms with Crippen LogP contribution in [0.25, 0.3) is 0 Å². The summed E-state index contributed by atoms with van der Waals surface area (Å²) in [5.74, 6) is 0.840. The molecule has 1 aliphatic heterocycles. The van der Waals surface area contributed by atoms with E-state index >= 15 is 0 Å².